The number of carbonyl (C=O) groups excluding carboxylic acids is 1. The molecule has 4 nitrogen and oxygen atoms in total. The third-order valence-electron chi connectivity index (χ3n) is 0.676. The fourth-order valence-electron chi connectivity index (χ4n) is 0.405. The molecule has 0 spiro atoms. The lowest BCUT2D eigenvalue weighted by Gasteiger charge is -1.91. The van der Waals surface area contributed by atoms with Gasteiger partial charge in [0.25, 0.3) is 5.24 Å². The van der Waals surface area contributed by atoms with E-state index in [1.165, 1.54) is 10.3 Å². The van der Waals surface area contributed by atoms with E-state index in [0.717, 1.165) is 11.9 Å². The van der Waals surface area contributed by atoms with Gasteiger partial charge in [0, 0.05) is 12.4 Å². The van der Waals surface area contributed by atoms with Gasteiger partial charge in [-0.15, -0.1) is 12.4 Å². The Hall–Kier alpha value is -0.680. The predicted molar refractivity (Wildman–Crippen MR) is 42.0 cm³/mol. The molecule has 0 bridgehead atoms. The lowest BCUT2D eigenvalue weighted by molar-refractivity contribution is 0.267. The first kappa shape index (κ1) is 9.32. The second-order valence-electron chi connectivity index (χ2n) is 1.33. The molecule has 0 aromatic carbocycles. The first-order valence-corrected chi connectivity index (χ1v) is 3.02. The molecule has 0 saturated heterocycles. The van der Waals surface area contributed by atoms with Crippen LogP contribution in [0.3, 0.4) is 0 Å². The maximum absolute atomic E-state index is 10.2. The number of carbonyl (C=O) groups is 1. The summed E-state index contributed by atoms with van der Waals surface area (Å²) < 4.78 is 1.53. The molecular weight excluding hydrogens is 174 g/mol. The highest BCUT2D eigenvalue weighted by Crippen LogP contribution is 2.02. The van der Waals surface area contributed by atoms with Gasteiger partial charge in [-0.1, -0.05) is 0 Å². The molecule has 0 unspecified atom stereocenters. The molecule has 2 N–H and O–H groups in total. The van der Waals surface area contributed by atoms with Crippen LogP contribution in [0.15, 0.2) is 18.7 Å². The Morgan fingerprint density at radius 1 is 1.70 bits per heavy atom. The molecule has 0 saturated carbocycles. The number of aromatic nitrogens is 2. The number of hydrogen-bond donors (Lipinski definition) is 1. The molecule has 0 radical (unpaired) electrons. The summed E-state index contributed by atoms with van der Waals surface area (Å²) in [5.41, 5.74) is 4.86. The average molecular weight is 180 g/mol. The molecule has 0 aliphatic rings. The zero-order valence-corrected chi connectivity index (χ0v) is 6.56. The summed E-state index contributed by atoms with van der Waals surface area (Å²) in [5.74, 6) is 0. The number of nitrogens with zero attached hydrogens (tertiary/aromatic N) is 2. The van der Waals surface area contributed by atoms with Crippen LogP contribution in [-0.2, 0) is 0 Å². The Kier molecular flexibility index (Phi) is 3.90. The van der Waals surface area contributed by atoms with Crippen molar-refractivity contribution in [2.24, 2.45) is 5.73 Å². The van der Waals surface area contributed by atoms with Crippen LogP contribution in [0.1, 0.15) is 0 Å². The van der Waals surface area contributed by atoms with Gasteiger partial charge in [0.2, 0.25) is 0 Å². The van der Waals surface area contributed by atoms with Crippen molar-refractivity contribution in [2.45, 2.75) is 0 Å². The zero-order valence-electron chi connectivity index (χ0n) is 4.93. The molecule has 1 rings (SSSR count). The molecular formula is C4H6ClN3OS. The van der Waals surface area contributed by atoms with Gasteiger partial charge in [0.15, 0.2) is 0 Å². The fraction of sp³-hybridized carbons (Fsp3) is 0. The Labute approximate surface area is 68.3 Å². The summed E-state index contributed by atoms with van der Waals surface area (Å²) >= 11 is 0.898. The van der Waals surface area contributed by atoms with Gasteiger partial charge in [0.05, 0.1) is 11.9 Å². The number of nitrogens with two attached hydrogens (primary N) is 1. The molecule has 0 aliphatic heterocycles. The topological polar surface area (TPSA) is 60.9 Å². The summed E-state index contributed by atoms with van der Waals surface area (Å²) in [6, 6.07) is 0. The fourth-order valence-corrected chi connectivity index (χ4v) is 0.829. The van der Waals surface area contributed by atoms with Crippen molar-refractivity contribution < 1.29 is 4.79 Å². The van der Waals surface area contributed by atoms with E-state index in [1.807, 2.05) is 0 Å². The Morgan fingerprint density at radius 2 is 2.40 bits per heavy atom. The third kappa shape index (κ3) is 2.75. The van der Waals surface area contributed by atoms with Crippen LogP contribution >= 0.6 is 24.4 Å². The SMILES string of the molecule is Cl.NC(=O)Sn1ccnc1. The van der Waals surface area contributed by atoms with Crippen LogP contribution in [0.25, 0.3) is 0 Å². The molecule has 10 heavy (non-hydrogen) atoms. The van der Waals surface area contributed by atoms with E-state index >= 15 is 0 Å². The molecule has 56 valence electrons. The Morgan fingerprint density at radius 3 is 2.80 bits per heavy atom. The van der Waals surface area contributed by atoms with Crippen LogP contribution in [-0.4, -0.2) is 14.2 Å². The van der Waals surface area contributed by atoms with Crippen molar-refractivity contribution >= 4 is 29.6 Å². The molecule has 1 heterocycles. The van der Waals surface area contributed by atoms with Crippen LogP contribution in [0.2, 0.25) is 0 Å². The summed E-state index contributed by atoms with van der Waals surface area (Å²) in [5, 5.41) is -0.437. The van der Waals surface area contributed by atoms with Crippen molar-refractivity contribution in [3.05, 3.63) is 18.7 Å². The van der Waals surface area contributed by atoms with Crippen LogP contribution in [0.5, 0.6) is 0 Å². The number of halogens is 1. The standard InChI is InChI=1S/C4H5N3OS.ClH/c5-4(8)9-7-2-1-6-3-7;/h1-3H,(H2,5,8);1H. The van der Waals surface area contributed by atoms with E-state index < -0.39 is 5.24 Å². The van der Waals surface area contributed by atoms with E-state index in [9.17, 15) is 4.79 Å². The van der Waals surface area contributed by atoms with Crippen molar-refractivity contribution in [1.29, 1.82) is 0 Å². The molecule has 1 aromatic heterocycles. The summed E-state index contributed by atoms with van der Waals surface area (Å²) in [7, 11) is 0. The second kappa shape index (κ2) is 4.19. The number of imidazole rings is 1. The van der Waals surface area contributed by atoms with Crippen molar-refractivity contribution in [3.63, 3.8) is 0 Å². The normalized spacial score (nSPS) is 8.40. The van der Waals surface area contributed by atoms with Gasteiger partial charge in [-0.25, -0.2) is 4.98 Å². The van der Waals surface area contributed by atoms with Gasteiger partial charge < -0.3 is 5.73 Å². The molecule has 6 heteroatoms. The number of amides is 1. The molecule has 0 fully saturated rings. The summed E-state index contributed by atoms with van der Waals surface area (Å²) in [4.78, 5) is 13.9. The Balaban J connectivity index is 0.000000810. The minimum Gasteiger partial charge on any atom is -0.359 e. The average Bonchev–Trinajstić information content (AvgIpc) is 2.15. The van der Waals surface area contributed by atoms with Crippen molar-refractivity contribution in [2.75, 3.05) is 0 Å². The molecule has 1 aromatic rings. The van der Waals surface area contributed by atoms with E-state index in [-0.39, 0.29) is 12.4 Å². The first-order chi connectivity index (χ1) is 4.29. The maximum atomic E-state index is 10.2. The lowest BCUT2D eigenvalue weighted by atomic mass is 11.0. The quantitative estimate of drug-likeness (QED) is 0.696. The third-order valence-corrected chi connectivity index (χ3v) is 1.28. The predicted octanol–water partition coefficient (Wildman–Crippen LogP) is 0.880. The van der Waals surface area contributed by atoms with E-state index in [1.54, 1.807) is 12.4 Å². The number of hydrogen-bond acceptors (Lipinski definition) is 3. The van der Waals surface area contributed by atoms with Crippen molar-refractivity contribution in [3.8, 4) is 0 Å². The van der Waals surface area contributed by atoms with Gasteiger partial charge in [0.1, 0.15) is 6.33 Å². The lowest BCUT2D eigenvalue weighted by Crippen LogP contribution is -2.04. The second-order valence-corrected chi connectivity index (χ2v) is 2.34. The zero-order chi connectivity index (χ0) is 6.69. The van der Waals surface area contributed by atoms with Crippen LogP contribution in [0.4, 0.5) is 4.79 Å². The van der Waals surface area contributed by atoms with Crippen LogP contribution in [0, 0.1) is 0 Å². The highest BCUT2D eigenvalue weighted by Gasteiger charge is 1.94. The molecule has 0 atom stereocenters. The first-order valence-electron chi connectivity index (χ1n) is 2.25. The smallest absolute Gasteiger partial charge is 0.297 e. The van der Waals surface area contributed by atoms with E-state index in [0.29, 0.717) is 0 Å². The van der Waals surface area contributed by atoms with Gasteiger partial charge >= 0.3 is 0 Å². The number of primary amides is 1. The van der Waals surface area contributed by atoms with Crippen molar-refractivity contribution in [1.82, 2.24) is 8.96 Å². The van der Waals surface area contributed by atoms with Crippen LogP contribution < -0.4 is 5.73 Å². The highest BCUT2D eigenvalue weighted by atomic mass is 35.5. The number of rotatable bonds is 1. The van der Waals surface area contributed by atoms with E-state index in [4.69, 9.17) is 5.73 Å². The van der Waals surface area contributed by atoms with Gasteiger partial charge in [-0.2, -0.15) is 0 Å². The van der Waals surface area contributed by atoms with E-state index in [2.05, 4.69) is 4.98 Å². The Bertz CT molecular complexity index is 200. The minimum atomic E-state index is -0.437. The van der Waals surface area contributed by atoms with Gasteiger partial charge in [-0.3, -0.25) is 8.77 Å². The largest absolute Gasteiger partial charge is 0.359 e. The monoisotopic (exact) mass is 179 g/mol. The molecule has 0 aliphatic carbocycles. The maximum Gasteiger partial charge on any atom is 0.297 e. The minimum absolute atomic E-state index is 0. The summed E-state index contributed by atoms with van der Waals surface area (Å²) in [6.45, 7) is 0. The molecule has 1 amide bonds. The highest BCUT2D eigenvalue weighted by molar-refractivity contribution is 8.12. The van der Waals surface area contributed by atoms with Gasteiger partial charge in [-0.05, 0) is 0 Å². The summed E-state index contributed by atoms with van der Waals surface area (Å²) in [6.07, 6.45) is 4.74.